The highest BCUT2D eigenvalue weighted by atomic mass is 35.5. The zero-order chi connectivity index (χ0) is 11.5. The molecule has 0 aliphatic carbocycles. The number of rotatable bonds is 3. The van der Waals surface area contributed by atoms with E-state index in [1.54, 1.807) is 6.07 Å². The number of hydrogen-bond acceptors (Lipinski definition) is 4. The van der Waals surface area contributed by atoms with Crippen LogP contribution in [0, 0.1) is 5.82 Å². The molecular weight excluding hydrogens is 247 g/mol. The monoisotopic (exact) mass is 258 g/mol. The summed E-state index contributed by atoms with van der Waals surface area (Å²) in [5.74, 6) is 0.321. The van der Waals surface area contributed by atoms with Crippen LogP contribution in [-0.4, -0.2) is 21.9 Å². The van der Waals surface area contributed by atoms with E-state index < -0.39 is 5.82 Å². The summed E-state index contributed by atoms with van der Waals surface area (Å²) in [6, 6.07) is 4.55. The van der Waals surface area contributed by atoms with Gasteiger partial charge >= 0.3 is 0 Å². The number of methoxy groups -OCH3 is 1. The minimum Gasteiger partial charge on any atom is -0.494 e. The molecule has 17 heavy (non-hydrogen) atoms. The van der Waals surface area contributed by atoms with Gasteiger partial charge in [0.05, 0.1) is 19.3 Å². The third-order valence-electron chi connectivity index (χ3n) is 2.18. The van der Waals surface area contributed by atoms with Crippen molar-refractivity contribution >= 4 is 12.4 Å². The molecule has 0 bridgehead atoms. The summed E-state index contributed by atoms with van der Waals surface area (Å²) in [5, 5.41) is 3.97. The summed E-state index contributed by atoms with van der Waals surface area (Å²) in [5.41, 5.74) is 6.05. The summed E-state index contributed by atoms with van der Waals surface area (Å²) < 4.78 is 19.8. The third kappa shape index (κ3) is 2.54. The first kappa shape index (κ1) is 13.4. The minimum absolute atomic E-state index is 0. The molecule has 1 aromatic carbocycles. The van der Waals surface area contributed by atoms with Gasteiger partial charge in [-0.2, -0.15) is 5.10 Å². The van der Waals surface area contributed by atoms with Crippen LogP contribution < -0.4 is 10.5 Å². The molecule has 0 amide bonds. The highest BCUT2D eigenvalue weighted by molar-refractivity contribution is 5.85. The van der Waals surface area contributed by atoms with E-state index >= 15 is 0 Å². The Kier molecular flexibility index (Phi) is 4.42. The van der Waals surface area contributed by atoms with Crippen molar-refractivity contribution in [2.45, 2.75) is 6.54 Å². The normalized spacial score (nSPS) is 9.82. The van der Waals surface area contributed by atoms with Gasteiger partial charge in [0.1, 0.15) is 12.2 Å². The number of nitrogens with zero attached hydrogens (tertiary/aromatic N) is 3. The van der Waals surface area contributed by atoms with Crippen molar-refractivity contribution in [3.63, 3.8) is 0 Å². The van der Waals surface area contributed by atoms with E-state index in [1.165, 1.54) is 30.3 Å². The molecule has 0 aliphatic rings. The van der Waals surface area contributed by atoms with Gasteiger partial charge in [0.25, 0.3) is 0 Å². The smallest absolute Gasteiger partial charge is 0.167 e. The molecule has 1 heterocycles. The predicted molar refractivity (Wildman–Crippen MR) is 63.0 cm³/mol. The standard InChI is InChI=1S/C10H11FN4O.ClH/c1-16-9-3-2-7(4-8(9)11)15-10(5-12)13-6-14-15;/h2-4,6H,5,12H2,1H3;1H. The van der Waals surface area contributed by atoms with Gasteiger partial charge in [0, 0.05) is 6.07 Å². The zero-order valence-corrected chi connectivity index (χ0v) is 9.95. The van der Waals surface area contributed by atoms with E-state index in [1.807, 2.05) is 0 Å². The van der Waals surface area contributed by atoms with Crippen LogP contribution in [0.2, 0.25) is 0 Å². The highest BCUT2D eigenvalue weighted by Crippen LogP contribution is 2.20. The average molecular weight is 259 g/mol. The van der Waals surface area contributed by atoms with E-state index in [2.05, 4.69) is 10.1 Å². The molecule has 0 saturated heterocycles. The number of nitrogens with two attached hydrogens (primary N) is 1. The van der Waals surface area contributed by atoms with Crippen LogP contribution in [0.5, 0.6) is 5.75 Å². The van der Waals surface area contributed by atoms with Crippen molar-refractivity contribution in [1.29, 1.82) is 0 Å². The van der Waals surface area contributed by atoms with Crippen LogP contribution in [0.25, 0.3) is 5.69 Å². The van der Waals surface area contributed by atoms with Crippen molar-refractivity contribution in [2.75, 3.05) is 7.11 Å². The molecule has 92 valence electrons. The molecule has 0 spiro atoms. The second kappa shape index (κ2) is 5.60. The molecule has 0 fully saturated rings. The molecule has 7 heteroatoms. The van der Waals surface area contributed by atoms with Crippen LogP contribution >= 0.6 is 12.4 Å². The molecule has 0 unspecified atom stereocenters. The average Bonchev–Trinajstić information content (AvgIpc) is 2.77. The Morgan fingerprint density at radius 3 is 2.82 bits per heavy atom. The van der Waals surface area contributed by atoms with Gasteiger partial charge in [-0.1, -0.05) is 0 Å². The Morgan fingerprint density at radius 2 is 2.24 bits per heavy atom. The fraction of sp³-hybridized carbons (Fsp3) is 0.200. The van der Waals surface area contributed by atoms with Gasteiger partial charge in [0.2, 0.25) is 0 Å². The Morgan fingerprint density at radius 1 is 1.47 bits per heavy atom. The lowest BCUT2D eigenvalue weighted by Crippen LogP contribution is -2.08. The highest BCUT2D eigenvalue weighted by Gasteiger charge is 2.08. The fourth-order valence-corrected chi connectivity index (χ4v) is 1.41. The van der Waals surface area contributed by atoms with E-state index in [0.717, 1.165) is 0 Å². The first-order valence-corrected chi connectivity index (χ1v) is 4.69. The molecule has 5 nitrogen and oxygen atoms in total. The maximum Gasteiger partial charge on any atom is 0.167 e. The molecule has 0 aliphatic heterocycles. The lowest BCUT2D eigenvalue weighted by Gasteiger charge is -2.06. The van der Waals surface area contributed by atoms with Crippen LogP contribution in [0.4, 0.5) is 4.39 Å². The predicted octanol–water partition coefficient (Wildman–Crippen LogP) is 1.30. The molecule has 0 saturated carbocycles. The molecule has 0 atom stereocenters. The first-order chi connectivity index (χ1) is 7.76. The van der Waals surface area contributed by atoms with Crippen molar-refractivity contribution in [2.24, 2.45) is 5.73 Å². The first-order valence-electron chi connectivity index (χ1n) is 4.69. The number of halogens is 2. The SMILES string of the molecule is COc1ccc(-n2ncnc2CN)cc1F.Cl. The van der Waals surface area contributed by atoms with E-state index in [4.69, 9.17) is 10.5 Å². The summed E-state index contributed by atoms with van der Waals surface area (Å²) >= 11 is 0. The second-order valence-corrected chi connectivity index (χ2v) is 3.11. The molecule has 1 aromatic heterocycles. The molecular formula is C10H12ClFN4O. The van der Waals surface area contributed by atoms with Crippen LogP contribution in [0.15, 0.2) is 24.5 Å². The van der Waals surface area contributed by atoms with Gasteiger partial charge in [-0.3, -0.25) is 0 Å². The van der Waals surface area contributed by atoms with Crippen LogP contribution in [0.3, 0.4) is 0 Å². The zero-order valence-electron chi connectivity index (χ0n) is 9.13. The second-order valence-electron chi connectivity index (χ2n) is 3.11. The minimum atomic E-state index is -0.446. The Bertz CT molecular complexity index is 503. The fourth-order valence-electron chi connectivity index (χ4n) is 1.41. The van der Waals surface area contributed by atoms with Crippen molar-refractivity contribution < 1.29 is 9.13 Å². The number of hydrogen-bond donors (Lipinski definition) is 1. The number of benzene rings is 1. The van der Waals surface area contributed by atoms with E-state index in [-0.39, 0.29) is 24.7 Å². The molecule has 0 radical (unpaired) electrons. The van der Waals surface area contributed by atoms with Gasteiger partial charge in [-0.05, 0) is 12.1 Å². The van der Waals surface area contributed by atoms with Gasteiger partial charge in [0.15, 0.2) is 11.6 Å². The topological polar surface area (TPSA) is 66.0 Å². The van der Waals surface area contributed by atoms with Gasteiger partial charge in [-0.15, -0.1) is 12.4 Å². The Hall–Kier alpha value is -1.66. The Labute approximate surface area is 104 Å². The summed E-state index contributed by atoms with van der Waals surface area (Å²) in [6.45, 7) is 0.244. The largest absolute Gasteiger partial charge is 0.494 e. The van der Waals surface area contributed by atoms with E-state index in [0.29, 0.717) is 11.5 Å². The van der Waals surface area contributed by atoms with Crippen molar-refractivity contribution in [3.8, 4) is 11.4 Å². The van der Waals surface area contributed by atoms with Crippen molar-refractivity contribution in [3.05, 3.63) is 36.2 Å². The van der Waals surface area contributed by atoms with Crippen molar-refractivity contribution in [1.82, 2.24) is 14.8 Å². The van der Waals surface area contributed by atoms with Gasteiger partial charge < -0.3 is 10.5 Å². The third-order valence-corrected chi connectivity index (χ3v) is 2.18. The van der Waals surface area contributed by atoms with E-state index in [9.17, 15) is 4.39 Å². The maximum atomic E-state index is 13.5. The number of aromatic nitrogens is 3. The maximum absolute atomic E-state index is 13.5. The molecule has 2 N–H and O–H groups in total. The summed E-state index contributed by atoms with van der Waals surface area (Å²) in [4.78, 5) is 3.96. The number of ether oxygens (including phenoxy) is 1. The molecule has 2 rings (SSSR count). The van der Waals surface area contributed by atoms with Gasteiger partial charge in [-0.25, -0.2) is 14.1 Å². The quantitative estimate of drug-likeness (QED) is 0.901. The van der Waals surface area contributed by atoms with Crippen LogP contribution in [0.1, 0.15) is 5.82 Å². The molecule has 2 aromatic rings. The summed E-state index contributed by atoms with van der Waals surface area (Å²) in [7, 11) is 1.42. The van der Waals surface area contributed by atoms with Crippen LogP contribution in [-0.2, 0) is 6.54 Å². The lowest BCUT2D eigenvalue weighted by atomic mass is 10.3. The lowest BCUT2D eigenvalue weighted by molar-refractivity contribution is 0.386. The summed E-state index contributed by atoms with van der Waals surface area (Å²) in [6.07, 6.45) is 1.38. The Balaban J connectivity index is 0.00000144.